The Hall–Kier alpha value is -4.30. The fourth-order valence-electron chi connectivity index (χ4n) is 4.42. The molecule has 5 rings (SSSR count). The molecule has 0 bridgehead atoms. The van der Waals surface area contributed by atoms with Crippen molar-refractivity contribution in [1.82, 2.24) is 0 Å². The highest BCUT2D eigenvalue weighted by Gasteiger charge is 2.13. The van der Waals surface area contributed by atoms with Gasteiger partial charge in [-0.3, -0.25) is 0 Å². The van der Waals surface area contributed by atoms with Crippen LogP contribution in [0.4, 0.5) is 28.4 Å². The molecule has 0 saturated carbocycles. The number of nitrogens with zero attached hydrogens (tertiary/aromatic N) is 2. The van der Waals surface area contributed by atoms with E-state index < -0.39 is 0 Å². The number of rotatable bonds is 7. The molecule has 0 N–H and O–H groups in total. The number of anilines is 5. The fraction of sp³-hybridized carbons (Fsp3) is 0.0909. The van der Waals surface area contributed by atoms with Gasteiger partial charge >= 0.3 is 0 Å². The van der Waals surface area contributed by atoms with Gasteiger partial charge < -0.3 is 9.80 Å². The highest BCUT2D eigenvalue weighted by molar-refractivity contribution is 5.79. The zero-order valence-corrected chi connectivity index (χ0v) is 20.3. The first-order valence-corrected chi connectivity index (χ1v) is 12.2. The van der Waals surface area contributed by atoms with Gasteiger partial charge in [-0.15, -0.1) is 0 Å². The van der Waals surface area contributed by atoms with Crippen LogP contribution in [0, 0.1) is 0 Å². The Balaban J connectivity index is 1.47. The van der Waals surface area contributed by atoms with Gasteiger partial charge in [-0.2, -0.15) is 0 Å². The first-order valence-electron chi connectivity index (χ1n) is 12.2. The summed E-state index contributed by atoms with van der Waals surface area (Å²) in [5, 5.41) is 0. The van der Waals surface area contributed by atoms with Crippen LogP contribution >= 0.6 is 0 Å². The van der Waals surface area contributed by atoms with Crippen molar-refractivity contribution in [1.29, 1.82) is 0 Å². The van der Waals surface area contributed by atoms with Gasteiger partial charge in [0.05, 0.1) is 0 Å². The van der Waals surface area contributed by atoms with Crippen LogP contribution in [0.2, 0.25) is 0 Å². The Bertz CT molecular complexity index is 1360. The maximum Gasteiger partial charge on any atom is 0.0463 e. The summed E-state index contributed by atoms with van der Waals surface area (Å²) in [4.78, 5) is 4.54. The Labute approximate surface area is 208 Å². The molecule has 0 spiro atoms. The third-order valence-electron chi connectivity index (χ3n) is 6.45. The summed E-state index contributed by atoms with van der Waals surface area (Å²) < 4.78 is 0. The number of hydrogen-bond acceptors (Lipinski definition) is 2. The largest absolute Gasteiger partial charge is 0.345 e. The van der Waals surface area contributed by atoms with Gasteiger partial charge in [0.25, 0.3) is 0 Å². The Kier molecular flexibility index (Phi) is 6.63. The third kappa shape index (κ3) is 4.97. The summed E-state index contributed by atoms with van der Waals surface area (Å²) >= 11 is 0. The van der Waals surface area contributed by atoms with Crippen molar-refractivity contribution in [3.05, 3.63) is 139 Å². The molecule has 5 aromatic rings. The average Bonchev–Trinajstić information content (AvgIpc) is 2.95. The van der Waals surface area contributed by atoms with Crippen molar-refractivity contribution in [3.63, 3.8) is 0 Å². The average molecular weight is 455 g/mol. The van der Waals surface area contributed by atoms with E-state index >= 15 is 0 Å². The van der Waals surface area contributed by atoms with E-state index in [9.17, 15) is 0 Å². The second kappa shape index (κ2) is 10.3. The van der Waals surface area contributed by atoms with Gasteiger partial charge in [-0.1, -0.05) is 79.7 Å². The van der Waals surface area contributed by atoms with Gasteiger partial charge in [0.2, 0.25) is 0 Å². The lowest BCUT2D eigenvalue weighted by molar-refractivity contribution is 1.12. The molecule has 0 aliphatic rings. The van der Waals surface area contributed by atoms with E-state index in [1.54, 1.807) is 0 Å². The lowest BCUT2D eigenvalue weighted by atomic mass is 10.0. The van der Waals surface area contributed by atoms with Gasteiger partial charge in [0.15, 0.2) is 0 Å². The molecule has 0 radical (unpaired) electrons. The van der Waals surface area contributed by atoms with Gasteiger partial charge in [0.1, 0.15) is 0 Å². The molecule has 5 aromatic carbocycles. The summed E-state index contributed by atoms with van der Waals surface area (Å²) in [7, 11) is 2.13. The van der Waals surface area contributed by atoms with Gasteiger partial charge in [0, 0.05) is 35.5 Å². The zero-order chi connectivity index (χ0) is 24.0. The van der Waals surface area contributed by atoms with Crippen LogP contribution in [0.3, 0.4) is 0 Å². The van der Waals surface area contributed by atoms with Crippen LogP contribution in [0.25, 0.3) is 11.1 Å². The zero-order valence-electron chi connectivity index (χ0n) is 20.3. The predicted molar refractivity (Wildman–Crippen MR) is 150 cm³/mol. The summed E-state index contributed by atoms with van der Waals surface area (Å²) in [5.74, 6) is 0. The van der Waals surface area contributed by atoms with E-state index in [4.69, 9.17) is 0 Å². The summed E-state index contributed by atoms with van der Waals surface area (Å²) in [6, 6.07) is 47.4. The van der Waals surface area contributed by atoms with Crippen LogP contribution in [0.15, 0.2) is 133 Å². The first-order chi connectivity index (χ1) is 17.2. The monoisotopic (exact) mass is 454 g/mol. The van der Waals surface area contributed by atoms with Crippen LogP contribution in [-0.2, 0) is 6.42 Å². The maximum atomic E-state index is 2.30. The van der Waals surface area contributed by atoms with Gasteiger partial charge in [-0.05, 0) is 83.8 Å². The highest BCUT2D eigenvalue weighted by Crippen LogP contribution is 2.37. The minimum atomic E-state index is 1.04. The van der Waals surface area contributed by atoms with Crippen molar-refractivity contribution in [2.45, 2.75) is 13.3 Å². The molecule has 0 aliphatic carbocycles. The highest BCUT2D eigenvalue weighted by atomic mass is 15.1. The van der Waals surface area contributed by atoms with E-state index in [0.717, 1.165) is 29.2 Å². The fourth-order valence-corrected chi connectivity index (χ4v) is 4.42. The molecule has 0 amide bonds. The number of aryl methyl sites for hydroxylation is 1. The van der Waals surface area contributed by atoms with Crippen molar-refractivity contribution in [2.75, 3.05) is 16.8 Å². The van der Waals surface area contributed by atoms with E-state index in [1.807, 2.05) is 0 Å². The molecule has 2 nitrogen and oxygen atoms in total. The molecule has 0 saturated heterocycles. The molecular weight excluding hydrogens is 424 g/mol. The Morgan fingerprint density at radius 2 is 0.943 bits per heavy atom. The molecule has 0 aliphatic heterocycles. The molecule has 2 heteroatoms. The lowest BCUT2D eigenvalue weighted by Gasteiger charge is -2.27. The normalized spacial score (nSPS) is 10.7. The lowest BCUT2D eigenvalue weighted by Crippen LogP contribution is -2.12. The van der Waals surface area contributed by atoms with Crippen molar-refractivity contribution in [2.24, 2.45) is 0 Å². The topological polar surface area (TPSA) is 6.48 Å². The first kappa shape index (κ1) is 22.5. The summed E-state index contributed by atoms with van der Waals surface area (Å²) in [6.45, 7) is 2.19. The quantitative estimate of drug-likeness (QED) is 0.242. The van der Waals surface area contributed by atoms with E-state index in [2.05, 4.69) is 157 Å². The molecule has 172 valence electrons. The van der Waals surface area contributed by atoms with Crippen LogP contribution in [0.5, 0.6) is 0 Å². The number of hydrogen-bond donors (Lipinski definition) is 0. The predicted octanol–water partition coefficient (Wildman–Crippen LogP) is 9.15. The SMILES string of the molecule is CCc1cccc(N(C)c2ccc(N(c3ccccc3)c3ccc(-c4ccccc4)cc3)cc2)c1. The third-order valence-corrected chi connectivity index (χ3v) is 6.45. The summed E-state index contributed by atoms with van der Waals surface area (Å²) in [5.41, 5.74) is 9.55. The van der Waals surface area contributed by atoms with E-state index in [1.165, 1.54) is 22.4 Å². The molecule has 35 heavy (non-hydrogen) atoms. The molecule has 0 aromatic heterocycles. The molecular formula is C33H30N2. The van der Waals surface area contributed by atoms with Crippen molar-refractivity contribution < 1.29 is 0 Å². The van der Waals surface area contributed by atoms with Gasteiger partial charge in [-0.25, -0.2) is 0 Å². The van der Waals surface area contributed by atoms with Crippen LogP contribution in [0.1, 0.15) is 12.5 Å². The minimum absolute atomic E-state index is 1.04. The second-order valence-electron chi connectivity index (χ2n) is 8.68. The molecule has 0 atom stereocenters. The maximum absolute atomic E-state index is 2.30. The Morgan fingerprint density at radius 1 is 0.457 bits per heavy atom. The standard InChI is InChI=1S/C33H30N2/c1-3-26-11-10-16-33(25-26)34(2)29-21-23-32(24-22-29)35(30-14-8-5-9-15-30)31-19-17-28(18-20-31)27-12-6-4-7-13-27/h4-25H,3H2,1-2H3. The summed E-state index contributed by atoms with van der Waals surface area (Å²) in [6.07, 6.45) is 1.04. The Morgan fingerprint density at radius 3 is 1.57 bits per heavy atom. The van der Waals surface area contributed by atoms with Crippen molar-refractivity contribution >= 4 is 28.4 Å². The van der Waals surface area contributed by atoms with E-state index in [-0.39, 0.29) is 0 Å². The smallest absolute Gasteiger partial charge is 0.0463 e. The minimum Gasteiger partial charge on any atom is -0.345 e. The molecule has 0 fully saturated rings. The second-order valence-corrected chi connectivity index (χ2v) is 8.68. The molecule has 0 unspecified atom stereocenters. The number of benzene rings is 5. The van der Waals surface area contributed by atoms with Crippen molar-refractivity contribution in [3.8, 4) is 11.1 Å². The number of para-hydroxylation sites is 1. The van der Waals surface area contributed by atoms with E-state index in [0.29, 0.717) is 0 Å². The molecule has 0 heterocycles. The van der Waals surface area contributed by atoms with Crippen LogP contribution < -0.4 is 9.80 Å². The van der Waals surface area contributed by atoms with Crippen LogP contribution in [-0.4, -0.2) is 7.05 Å².